The van der Waals surface area contributed by atoms with Crippen LogP contribution in [0.25, 0.3) is 21.2 Å². The van der Waals surface area contributed by atoms with Crippen LogP contribution in [-0.4, -0.2) is 17.0 Å². The highest BCUT2D eigenvalue weighted by molar-refractivity contribution is 7.21. The van der Waals surface area contributed by atoms with Crippen molar-refractivity contribution in [3.8, 4) is 11.1 Å². The van der Waals surface area contributed by atoms with Crippen molar-refractivity contribution in [2.75, 3.05) is 5.32 Å². The second kappa shape index (κ2) is 7.87. The van der Waals surface area contributed by atoms with E-state index in [9.17, 15) is 14.7 Å². The van der Waals surface area contributed by atoms with Gasteiger partial charge in [-0.05, 0) is 41.5 Å². The molecule has 4 nitrogen and oxygen atoms in total. The standard InChI is InChI=1S/C22H13Cl2NO3S/c23-14-8-5-12(6-9-14)13-7-10-15(22(27)28)17(11-13)25-21(26)20-19(24)16-3-1-2-4-18(16)29-20/h1-11H,(H,25,26)(H,27,28). The van der Waals surface area contributed by atoms with E-state index in [1.54, 1.807) is 24.3 Å². The van der Waals surface area contributed by atoms with E-state index >= 15 is 0 Å². The van der Waals surface area contributed by atoms with E-state index in [-0.39, 0.29) is 11.3 Å². The lowest BCUT2D eigenvalue weighted by molar-refractivity contribution is 0.0698. The van der Waals surface area contributed by atoms with Crippen LogP contribution in [0.1, 0.15) is 20.0 Å². The van der Waals surface area contributed by atoms with E-state index in [0.29, 0.717) is 14.9 Å². The fraction of sp³-hybridized carbons (Fsp3) is 0. The number of amides is 1. The molecule has 4 rings (SSSR count). The minimum Gasteiger partial charge on any atom is -0.478 e. The summed E-state index contributed by atoms with van der Waals surface area (Å²) >= 11 is 13.6. The summed E-state index contributed by atoms with van der Waals surface area (Å²) in [4.78, 5) is 24.9. The molecule has 0 fully saturated rings. The number of fused-ring (bicyclic) bond motifs is 1. The zero-order valence-corrected chi connectivity index (χ0v) is 17.1. The Morgan fingerprint density at radius 1 is 0.897 bits per heavy atom. The highest BCUT2D eigenvalue weighted by Crippen LogP contribution is 2.36. The van der Waals surface area contributed by atoms with Gasteiger partial charge < -0.3 is 10.4 Å². The molecule has 1 amide bonds. The van der Waals surface area contributed by atoms with E-state index < -0.39 is 11.9 Å². The molecule has 29 heavy (non-hydrogen) atoms. The van der Waals surface area contributed by atoms with Crippen LogP contribution in [0.5, 0.6) is 0 Å². The van der Waals surface area contributed by atoms with Crippen LogP contribution in [0.4, 0.5) is 5.69 Å². The number of rotatable bonds is 4. The largest absolute Gasteiger partial charge is 0.478 e. The Bertz CT molecular complexity index is 1250. The predicted octanol–water partition coefficient (Wildman–Crippen LogP) is 6.83. The van der Waals surface area contributed by atoms with Crippen LogP contribution in [-0.2, 0) is 0 Å². The Balaban J connectivity index is 1.73. The van der Waals surface area contributed by atoms with Gasteiger partial charge in [0.25, 0.3) is 5.91 Å². The summed E-state index contributed by atoms with van der Waals surface area (Å²) in [7, 11) is 0. The number of thiophene rings is 1. The Labute approximate surface area is 180 Å². The van der Waals surface area contributed by atoms with E-state index in [1.807, 2.05) is 36.4 Å². The lowest BCUT2D eigenvalue weighted by Gasteiger charge is -2.11. The number of carbonyl (C=O) groups excluding carboxylic acids is 1. The topological polar surface area (TPSA) is 66.4 Å². The number of hydrogen-bond donors (Lipinski definition) is 2. The number of nitrogens with one attached hydrogen (secondary N) is 1. The smallest absolute Gasteiger partial charge is 0.337 e. The van der Waals surface area contributed by atoms with Gasteiger partial charge in [0.2, 0.25) is 0 Å². The summed E-state index contributed by atoms with van der Waals surface area (Å²) in [5.41, 5.74) is 1.79. The summed E-state index contributed by atoms with van der Waals surface area (Å²) in [6, 6.07) is 19.4. The van der Waals surface area contributed by atoms with Crippen molar-refractivity contribution in [1.29, 1.82) is 0 Å². The molecule has 0 unspecified atom stereocenters. The molecule has 3 aromatic carbocycles. The van der Waals surface area contributed by atoms with E-state index in [1.165, 1.54) is 17.4 Å². The third-order valence-corrected chi connectivity index (χ3v) is 6.34. The summed E-state index contributed by atoms with van der Waals surface area (Å²) in [6.45, 7) is 0. The Morgan fingerprint density at radius 3 is 2.28 bits per heavy atom. The maximum atomic E-state index is 12.9. The summed E-state index contributed by atoms with van der Waals surface area (Å²) < 4.78 is 0.885. The van der Waals surface area contributed by atoms with Crippen LogP contribution in [0, 0.1) is 0 Å². The molecule has 4 aromatic rings. The van der Waals surface area contributed by atoms with Gasteiger partial charge >= 0.3 is 5.97 Å². The monoisotopic (exact) mass is 441 g/mol. The van der Waals surface area contributed by atoms with Gasteiger partial charge in [-0.2, -0.15) is 0 Å². The first-order chi connectivity index (χ1) is 13.9. The Kier molecular flexibility index (Phi) is 5.28. The molecule has 144 valence electrons. The molecule has 0 aliphatic carbocycles. The quantitative estimate of drug-likeness (QED) is 0.364. The number of carboxylic acids is 1. The third-order valence-electron chi connectivity index (χ3n) is 4.42. The molecule has 0 spiro atoms. The van der Waals surface area contributed by atoms with Gasteiger partial charge in [-0.25, -0.2) is 4.79 Å². The average Bonchev–Trinajstić information content (AvgIpc) is 3.05. The SMILES string of the molecule is O=C(O)c1ccc(-c2ccc(Cl)cc2)cc1NC(=O)c1sc2ccccc2c1Cl. The van der Waals surface area contributed by atoms with Gasteiger partial charge in [-0.3, -0.25) is 4.79 Å². The first kappa shape index (κ1) is 19.5. The highest BCUT2D eigenvalue weighted by Gasteiger charge is 2.20. The van der Waals surface area contributed by atoms with Crippen LogP contribution >= 0.6 is 34.5 Å². The number of hydrogen-bond acceptors (Lipinski definition) is 3. The number of carboxylic acid groups (broad SMARTS) is 1. The number of halogens is 2. The molecule has 0 saturated carbocycles. The number of anilines is 1. The number of aromatic carboxylic acids is 1. The van der Waals surface area contributed by atoms with E-state index in [4.69, 9.17) is 23.2 Å². The molecule has 1 aromatic heterocycles. The summed E-state index contributed by atoms with van der Waals surface area (Å²) in [5.74, 6) is -1.59. The Morgan fingerprint density at radius 2 is 1.59 bits per heavy atom. The molecule has 0 aliphatic heterocycles. The van der Waals surface area contributed by atoms with Crippen molar-refractivity contribution in [3.63, 3.8) is 0 Å². The van der Waals surface area contributed by atoms with Gasteiger partial charge in [0.15, 0.2) is 0 Å². The molecule has 1 heterocycles. The molecule has 0 radical (unpaired) electrons. The van der Waals surface area contributed by atoms with Crippen LogP contribution in [0.3, 0.4) is 0 Å². The molecule has 0 saturated heterocycles. The molecule has 0 atom stereocenters. The van der Waals surface area contributed by atoms with Crippen molar-refractivity contribution in [1.82, 2.24) is 0 Å². The molecule has 0 bridgehead atoms. The molecule has 7 heteroatoms. The predicted molar refractivity (Wildman–Crippen MR) is 119 cm³/mol. The maximum Gasteiger partial charge on any atom is 0.337 e. The van der Waals surface area contributed by atoms with Crippen LogP contribution < -0.4 is 5.32 Å². The van der Waals surface area contributed by atoms with Crippen LogP contribution in [0.2, 0.25) is 10.0 Å². The van der Waals surface area contributed by atoms with Crippen molar-refractivity contribution in [2.45, 2.75) is 0 Å². The average molecular weight is 442 g/mol. The number of carbonyl (C=O) groups is 2. The van der Waals surface area contributed by atoms with E-state index in [2.05, 4.69) is 5.32 Å². The lowest BCUT2D eigenvalue weighted by atomic mass is 10.0. The lowest BCUT2D eigenvalue weighted by Crippen LogP contribution is -2.14. The minimum absolute atomic E-state index is 0.00621. The zero-order chi connectivity index (χ0) is 20.5. The van der Waals surface area contributed by atoms with Crippen LogP contribution in [0.15, 0.2) is 66.7 Å². The van der Waals surface area contributed by atoms with Gasteiger partial charge in [0.05, 0.1) is 16.3 Å². The second-order valence-corrected chi connectivity index (χ2v) is 8.13. The summed E-state index contributed by atoms with van der Waals surface area (Å²) in [6.07, 6.45) is 0. The number of benzene rings is 3. The van der Waals surface area contributed by atoms with Crippen molar-refractivity contribution < 1.29 is 14.7 Å². The van der Waals surface area contributed by atoms with Gasteiger partial charge in [0, 0.05) is 15.1 Å². The molecular formula is C22H13Cl2NO3S. The fourth-order valence-corrected chi connectivity index (χ4v) is 4.53. The normalized spacial score (nSPS) is 10.8. The maximum absolute atomic E-state index is 12.9. The van der Waals surface area contributed by atoms with Crippen molar-refractivity contribution in [2.24, 2.45) is 0 Å². The molecular weight excluding hydrogens is 429 g/mol. The fourth-order valence-electron chi connectivity index (χ4n) is 3.00. The summed E-state index contributed by atoms with van der Waals surface area (Å²) in [5, 5.41) is 14.0. The third kappa shape index (κ3) is 3.85. The first-order valence-corrected chi connectivity index (χ1v) is 10.1. The van der Waals surface area contributed by atoms with E-state index in [0.717, 1.165) is 21.2 Å². The minimum atomic E-state index is -1.13. The highest BCUT2D eigenvalue weighted by atomic mass is 35.5. The van der Waals surface area contributed by atoms with Crippen molar-refractivity contribution >= 4 is 62.2 Å². The van der Waals surface area contributed by atoms with Gasteiger partial charge in [-0.15, -0.1) is 11.3 Å². The second-order valence-electron chi connectivity index (χ2n) is 6.27. The first-order valence-electron chi connectivity index (χ1n) is 8.55. The zero-order valence-electron chi connectivity index (χ0n) is 14.8. The van der Waals surface area contributed by atoms with Gasteiger partial charge in [0.1, 0.15) is 4.88 Å². The van der Waals surface area contributed by atoms with Crippen molar-refractivity contribution in [3.05, 3.63) is 87.2 Å². The molecule has 0 aliphatic rings. The van der Waals surface area contributed by atoms with Gasteiger partial charge in [-0.1, -0.05) is 59.6 Å². The molecule has 2 N–H and O–H groups in total. The Hall–Kier alpha value is -2.86.